The molecule has 1 N–H and O–H groups in total. The monoisotopic (exact) mass is 551 g/mol. The lowest BCUT2D eigenvalue weighted by Crippen LogP contribution is -2.54. The third kappa shape index (κ3) is 5.10. The van der Waals surface area contributed by atoms with Crippen LogP contribution in [0.15, 0.2) is 76.8 Å². The number of halogens is 1. The van der Waals surface area contributed by atoms with E-state index in [-0.39, 0.29) is 23.6 Å². The van der Waals surface area contributed by atoms with Gasteiger partial charge in [-0.15, -0.1) is 0 Å². The summed E-state index contributed by atoms with van der Waals surface area (Å²) in [7, 11) is 1.49. The number of nitro groups is 1. The van der Waals surface area contributed by atoms with Crippen molar-refractivity contribution in [1.82, 2.24) is 5.32 Å². The Morgan fingerprint density at radius 2 is 1.83 bits per heavy atom. The van der Waals surface area contributed by atoms with Crippen molar-refractivity contribution in [2.24, 2.45) is 0 Å². The van der Waals surface area contributed by atoms with E-state index in [2.05, 4.69) is 21.2 Å². The van der Waals surface area contributed by atoms with Crippen LogP contribution in [-0.4, -0.2) is 29.9 Å². The van der Waals surface area contributed by atoms with Crippen LogP contribution in [-0.2, 0) is 16.2 Å². The zero-order chi connectivity index (χ0) is 25.8. The number of carbonyl (C=O) groups excluding carboxylic acids is 3. The van der Waals surface area contributed by atoms with Crippen molar-refractivity contribution in [2.45, 2.75) is 6.61 Å². The number of rotatable bonds is 7. The van der Waals surface area contributed by atoms with Crippen LogP contribution in [0.5, 0.6) is 11.5 Å². The van der Waals surface area contributed by atoms with Crippen molar-refractivity contribution in [1.29, 1.82) is 0 Å². The van der Waals surface area contributed by atoms with Gasteiger partial charge < -0.3 is 9.47 Å². The molecule has 0 spiro atoms. The van der Waals surface area contributed by atoms with Gasteiger partial charge in [0.25, 0.3) is 17.5 Å². The minimum atomic E-state index is -1.01. The highest BCUT2D eigenvalue weighted by Gasteiger charge is 2.37. The zero-order valence-electron chi connectivity index (χ0n) is 18.8. The summed E-state index contributed by atoms with van der Waals surface area (Å²) in [6.07, 6.45) is 1.29. The molecule has 1 heterocycles. The second kappa shape index (κ2) is 10.4. The maximum absolute atomic E-state index is 13.2. The van der Waals surface area contributed by atoms with Crippen molar-refractivity contribution in [3.63, 3.8) is 0 Å². The number of nitro benzene ring substituents is 1. The predicted octanol–water partition coefficient (Wildman–Crippen LogP) is 4.61. The van der Waals surface area contributed by atoms with Gasteiger partial charge in [-0.05, 0) is 30.3 Å². The molecule has 4 rings (SSSR count). The fraction of sp³-hybridized carbons (Fsp3) is 0.0800. The first-order valence-corrected chi connectivity index (χ1v) is 11.3. The number of benzene rings is 3. The van der Waals surface area contributed by atoms with E-state index in [1.807, 2.05) is 24.3 Å². The number of methoxy groups -OCH3 is 1. The Morgan fingerprint density at radius 3 is 2.56 bits per heavy atom. The van der Waals surface area contributed by atoms with Gasteiger partial charge in [-0.3, -0.25) is 25.0 Å². The van der Waals surface area contributed by atoms with Gasteiger partial charge in [0.1, 0.15) is 23.7 Å². The van der Waals surface area contributed by atoms with Crippen LogP contribution in [0.4, 0.5) is 16.2 Å². The predicted molar refractivity (Wildman–Crippen MR) is 134 cm³/mol. The van der Waals surface area contributed by atoms with Crippen LogP contribution >= 0.6 is 15.9 Å². The average Bonchev–Trinajstić information content (AvgIpc) is 2.86. The fourth-order valence-corrected chi connectivity index (χ4v) is 3.85. The standard InChI is InChI=1S/C25H18BrN3O7/c1-35-19-10-9-15(22(13-19)36-14-16-5-2-3-8-21(16)26)11-20-23(30)27-25(32)28(24(20)31)17-6-4-7-18(12-17)29(33)34/h2-13H,14H2,1H3,(H,27,30,32)/b20-11+. The van der Waals surface area contributed by atoms with E-state index in [1.165, 1.54) is 31.4 Å². The molecule has 11 heteroatoms. The van der Waals surface area contributed by atoms with Crippen LogP contribution in [0.1, 0.15) is 11.1 Å². The van der Waals surface area contributed by atoms with Crippen molar-refractivity contribution in [3.8, 4) is 11.5 Å². The van der Waals surface area contributed by atoms with Gasteiger partial charge >= 0.3 is 6.03 Å². The maximum Gasteiger partial charge on any atom is 0.335 e. The Labute approximate surface area is 213 Å². The number of carbonyl (C=O) groups is 3. The van der Waals surface area contributed by atoms with Gasteiger partial charge in [0, 0.05) is 33.8 Å². The smallest absolute Gasteiger partial charge is 0.335 e. The van der Waals surface area contributed by atoms with Crippen LogP contribution in [0.2, 0.25) is 0 Å². The molecule has 0 saturated carbocycles. The molecule has 0 aromatic heterocycles. The number of hydrogen-bond acceptors (Lipinski definition) is 7. The number of anilines is 1. The quantitative estimate of drug-likeness (QED) is 0.196. The largest absolute Gasteiger partial charge is 0.497 e. The van der Waals surface area contributed by atoms with Crippen LogP contribution in [0.25, 0.3) is 6.08 Å². The molecule has 1 saturated heterocycles. The summed E-state index contributed by atoms with van der Waals surface area (Å²) in [5.74, 6) is -1.01. The molecule has 3 aromatic rings. The summed E-state index contributed by atoms with van der Waals surface area (Å²) >= 11 is 3.47. The number of amides is 4. The lowest BCUT2D eigenvalue weighted by Gasteiger charge is -2.26. The normalized spacial score (nSPS) is 14.6. The molecule has 1 fully saturated rings. The highest BCUT2D eigenvalue weighted by Crippen LogP contribution is 2.31. The minimum absolute atomic E-state index is 0.0507. The Kier molecular flexibility index (Phi) is 7.11. The van der Waals surface area contributed by atoms with Gasteiger partial charge in [-0.1, -0.05) is 40.2 Å². The molecule has 4 amide bonds. The molecular formula is C25H18BrN3O7. The number of ether oxygens (including phenoxy) is 2. The number of nitrogens with one attached hydrogen (secondary N) is 1. The molecule has 182 valence electrons. The first-order valence-electron chi connectivity index (χ1n) is 10.5. The summed E-state index contributed by atoms with van der Waals surface area (Å²) in [6, 6.07) is 16.3. The SMILES string of the molecule is COc1ccc(/C=C2\C(=O)NC(=O)N(c3cccc([N+](=O)[O-])c3)C2=O)c(OCc2ccccc2Br)c1. The summed E-state index contributed by atoms with van der Waals surface area (Å²) in [5, 5.41) is 13.2. The second-order valence-corrected chi connectivity index (χ2v) is 8.37. The molecule has 10 nitrogen and oxygen atoms in total. The van der Waals surface area contributed by atoms with Crippen LogP contribution < -0.4 is 19.7 Å². The number of imide groups is 2. The lowest BCUT2D eigenvalue weighted by molar-refractivity contribution is -0.384. The summed E-state index contributed by atoms with van der Waals surface area (Å²) in [4.78, 5) is 49.5. The Morgan fingerprint density at radius 1 is 1.06 bits per heavy atom. The molecule has 0 radical (unpaired) electrons. The molecule has 36 heavy (non-hydrogen) atoms. The first-order chi connectivity index (χ1) is 17.3. The van der Waals surface area contributed by atoms with Gasteiger partial charge in [0.15, 0.2) is 0 Å². The van der Waals surface area contributed by atoms with E-state index in [4.69, 9.17) is 9.47 Å². The minimum Gasteiger partial charge on any atom is -0.497 e. The highest BCUT2D eigenvalue weighted by atomic mass is 79.9. The number of barbiturate groups is 1. The topological polar surface area (TPSA) is 128 Å². The Hall–Kier alpha value is -4.51. The van der Waals surface area contributed by atoms with Gasteiger partial charge in [0.05, 0.1) is 17.7 Å². The van der Waals surface area contributed by atoms with Gasteiger partial charge in [0.2, 0.25) is 0 Å². The number of hydrogen-bond donors (Lipinski definition) is 1. The number of nitrogens with zero attached hydrogens (tertiary/aromatic N) is 2. The summed E-state index contributed by atoms with van der Waals surface area (Å²) < 4.78 is 12.1. The average molecular weight is 552 g/mol. The zero-order valence-corrected chi connectivity index (χ0v) is 20.4. The molecule has 0 bridgehead atoms. The van der Waals surface area contributed by atoms with Crippen molar-refractivity contribution in [3.05, 3.63) is 98.0 Å². The molecule has 0 unspecified atom stereocenters. The first kappa shape index (κ1) is 24.6. The molecule has 0 aliphatic carbocycles. The Balaban J connectivity index is 1.70. The van der Waals surface area contributed by atoms with Crippen LogP contribution in [0, 0.1) is 10.1 Å². The molecule has 0 atom stereocenters. The third-order valence-corrected chi connectivity index (χ3v) is 6.04. The van der Waals surface area contributed by atoms with E-state index in [9.17, 15) is 24.5 Å². The molecule has 1 aliphatic rings. The van der Waals surface area contributed by atoms with E-state index in [0.29, 0.717) is 22.0 Å². The van der Waals surface area contributed by atoms with Gasteiger partial charge in [-0.25, -0.2) is 9.69 Å². The lowest BCUT2D eigenvalue weighted by atomic mass is 10.1. The number of urea groups is 1. The van der Waals surface area contributed by atoms with E-state index < -0.39 is 22.8 Å². The Bertz CT molecular complexity index is 1420. The van der Waals surface area contributed by atoms with E-state index in [0.717, 1.165) is 16.1 Å². The van der Waals surface area contributed by atoms with Crippen LogP contribution in [0.3, 0.4) is 0 Å². The van der Waals surface area contributed by atoms with Crippen molar-refractivity contribution >= 4 is 51.2 Å². The van der Waals surface area contributed by atoms with Crippen molar-refractivity contribution in [2.75, 3.05) is 12.0 Å². The summed E-state index contributed by atoms with van der Waals surface area (Å²) in [5.41, 5.74) is 0.540. The van der Waals surface area contributed by atoms with E-state index >= 15 is 0 Å². The van der Waals surface area contributed by atoms with Crippen molar-refractivity contribution < 1.29 is 28.8 Å². The molecular weight excluding hydrogens is 534 g/mol. The summed E-state index contributed by atoms with van der Waals surface area (Å²) in [6.45, 7) is 0.184. The molecule has 3 aromatic carbocycles. The molecule has 1 aliphatic heterocycles. The highest BCUT2D eigenvalue weighted by molar-refractivity contribution is 9.10. The second-order valence-electron chi connectivity index (χ2n) is 7.52. The fourth-order valence-electron chi connectivity index (χ4n) is 3.45. The number of non-ortho nitro benzene ring substituents is 1. The maximum atomic E-state index is 13.2. The van der Waals surface area contributed by atoms with E-state index in [1.54, 1.807) is 18.2 Å². The third-order valence-electron chi connectivity index (χ3n) is 5.26. The van der Waals surface area contributed by atoms with Gasteiger partial charge in [-0.2, -0.15) is 0 Å².